The molecule has 1 aliphatic rings. The minimum Gasteiger partial charge on any atom is -0.369 e. The molecule has 0 aliphatic carbocycles. The normalized spacial score (nSPS) is 21.5. The fraction of sp³-hybridized carbons (Fsp3) is 0.278. The zero-order valence-electron chi connectivity index (χ0n) is 12.8. The number of benzene rings is 2. The van der Waals surface area contributed by atoms with Crippen molar-refractivity contribution in [2.45, 2.75) is 26.3 Å². The van der Waals surface area contributed by atoms with Crippen molar-refractivity contribution in [1.29, 1.82) is 0 Å². The molecule has 108 valence electrons. The maximum absolute atomic E-state index is 6.17. The molecule has 0 bridgehead atoms. The molecular formula is C18H21N3. The molecule has 2 N–H and O–H groups in total. The van der Waals surface area contributed by atoms with E-state index < -0.39 is 0 Å². The summed E-state index contributed by atoms with van der Waals surface area (Å²) in [6.45, 7) is 7.16. The van der Waals surface area contributed by atoms with E-state index in [9.17, 15) is 0 Å². The zero-order chi connectivity index (χ0) is 15.0. The molecule has 3 nitrogen and oxygen atoms in total. The summed E-state index contributed by atoms with van der Waals surface area (Å²) in [5.41, 5.74) is 10.9. The molecule has 1 atom stereocenters. The van der Waals surface area contributed by atoms with E-state index in [1.165, 1.54) is 16.7 Å². The average Bonchev–Trinajstić information content (AvgIpc) is 2.79. The van der Waals surface area contributed by atoms with Crippen LogP contribution < -0.4 is 10.6 Å². The molecule has 0 spiro atoms. The van der Waals surface area contributed by atoms with E-state index in [0.717, 1.165) is 5.69 Å². The summed E-state index contributed by atoms with van der Waals surface area (Å²) in [6, 6.07) is 16.8. The summed E-state index contributed by atoms with van der Waals surface area (Å²) in [6.07, 6.45) is 0. The highest BCUT2D eigenvalue weighted by atomic mass is 15.4. The Morgan fingerprint density at radius 2 is 1.76 bits per heavy atom. The van der Waals surface area contributed by atoms with Gasteiger partial charge in [0.05, 0.1) is 12.1 Å². The Kier molecular flexibility index (Phi) is 3.20. The molecule has 1 aliphatic heterocycles. The van der Waals surface area contributed by atoms with Crippen LogP contribution in [-0.2, 0) is 5.54 Å². The lowest BCUT2D eigenvalue weighted by molar-refractivity contribution is 0.532. The van der Waals surface area contributed by atoms with Crippen molar-refractivity contribution in [3.63, 3.8) is 0 Å². The second-order valence-corrected chi connectivity index (χ2v) is 5.92. The molecule has 0 amide bonds. The van der Waals surface area contributed by atoms with Gasteiger partial charge in [-0.2, -0.15) is 0 Å². The molecule has 2 aromatic carbocycles. The Hall–Kier alpha value is -2.29. The van der Waals surface area contributed by atoms with E-state index in [1.54, 1.807) is 0 Å². The van der Waals surface area contributed by atoms with E-state index in [0.29, 0.717) is 12.5 Å². The Balaban J connectivity index is 2.09. The first-order chi connectivity index (χ1) is 10.0. The van der Waals surface area contributed by atoms with Gasteiger partial charge in [0.15, 0.2) is 5.96 Å². The highest BCUT2D eigenvalue weighted by Gasteiger charge is 2.40. The van der Waals surface area contributed by atoms with E-state index in [2.05, 4.69) is 61.0 Å². The largest absolute Gasteiger partial charge is 0.369 e. The first-order valence-electron chi connectivity index (χ1n) is 7.25. The first kappa shape index (κ1) is 13.7. The summed E-state index contributed by atoms with van der Waals surface area (Å²) < 4.78 is 0. The molecule has 0 saturated carbocycles. The molecule has 1 heterocycles. The number of aliphatic imine (C=N–C) groups is 1. The summed E-state index contributed by atoms with van der Waals surface area (Å²) in [5.74, 6) is 0.585. The van der Waals surface area contributed by atoms with Gasteiger partial charge >= 0.3 is 0 Å². The molecule has 2 aromatic rings. The first-order valence-corrected chi connectivity index (χ1v) is 7.25. The van der Waals surface area contributed by atoms with Crippen molar-refractivity contribution in [3.8, 4) is 0 Å². The van der Waals surface area contributed by atoms with Gasteiger partial charge < -0.3 is 10.6 Å². The van der Waals surface area contributed by atoms with Gasteiger partial charge in [0.25, 0.3) is 0 Å². The van der Waals surface area contributed by atoms with Crippen LogP contribution in [0.2, 0.25) is 0 Å². The number of anilines is 1. The number of rotatable bonds is 2. The molecule has 0 fully saturated rings. The Morgan fingerprint density at radius 3 is 2.43 bits per heavy atom. The lowest BCUT2D eigenvalue weighted by Crippen LogP contribution is -2.47. The third kappa shape index (κ3) is 2.19. The molecule has 3 rings (SSSR count). The quantitative estimate of drug-likeness (QED) is 0.916. The van der Waals surface area contributed by atoms with Crippen LogP contribution >= 0.6 is 0 Å². The fourth-order valence-electron chi connectivity index (χ4n) is 2.92. The van der Waals surface area contributed by atoms with Crippen molar-refractivity contribution in [2.75, 3.05) is 11.4 Å². The highest BCUT2D eigenvalue weighted by Crippen LogP contribution is 2.37. The molecule has 3 heteroatoms. The third-order valence-corrected chi connectivity index (χ3v) is 4.41. The Bertz CT molecular complexity index is 691. The van der Waals surface area contributed by atoms with Crippen LogP contribution in [0.25, 0.3) is 0 Å². The van der Waals surface area contributed by atoms with Gasteiger partial charge in [-0.15, -0.1) is 0 Å². The summed E-state index contributed by atoms with van der Waals surface area (Å²) in [7, 11) is 0. The lowest BCUT2D eigenvalue weighted by atomic mass is 9.88. The van der Waals surface area contributed by atoms with Gasteiger partial charge in [-0.3, -0.25) is 4.99 Å². The predicted molar refractivity (Wildman–Crippen MR) is 88.7 cm³/mol. The Labute approximate surface area is 126 Å². The molecule has 21 heavy (non-hydrogen) atoms. The van der Waals surface area contributed by atoms with Gasteiger partial charge in [0, 0.05) is 5.69 Å². The van der Waals surface area contributed by atoms with E-state index >= 15 is 0 Å². The molecule has 0 aromatic heterocycles. The number of para-hydroxylation sites is 1. The third-order valence-electron chi connectivity index (χ3n) is 4.41. The average molecular weight is 279 g/mol. The van der Waals surface area contributed by atoms with Gasteiger partial charge in [0.1, 0.15) is 0 Å². The van der Waals surface area contributed by atoms with Crippen LogP contribution in [0.15, 0.2) is 53.5 Å². The summed E-state index contributed by atoms with van der Waals surface area (Å²) in [5, 5.41) is 0. The molecule has 0 radical (unpaired) electrons. The van der Waals surface area contributed by atoms with Crippen molar-refractivity contribution in [3.05, 3.63) is 65.2 Å². The SMILES string of the molecule is Cc1ccc(C2(C)CN=C(N)N2c2ccccc2)cc1C. The van der Waals surface area contributed by atoms with Crippen LogP contribution in [0.1, 0.15) is 23.6 Å². The minimum atomic E-state index is -0.232. The number of hydrogen-bond acceptors (Lipinski definition) is 3. The molecule has 1 unspecified atom stereocenters. The van der Waals surface area contributed by atoms with Crippen LogP contribution in [0, 0.1) is 13.8 Å². The zero-order valence-corrected chi connectivity index (χ0v) is 12.8. The van der Waals surface area contributed by atoms with E-state index in [-0.39, 0.29) is 5.54 Å². The monoisotopic (exact) mass is 279 g/mol. The van der Waals surface area contributed by atoms with Crippen LogP contribution in [-0.4, -0.2) is 12.5 Å². The summed E-state index contributed by atoms with van der Waals surface area (Å²) >= 11 is 0. The second kappa shape index (κ2) is 4.92. The number of nitrogens with zero attached hydrogens (tertiary/aromatic N) is 2. The number of guanidine groups is 1. The van der Waals surface area contributed by atoms with Gasteiger partial charge in [-0.05, 0) is 49.6 Å². The minimum absolute atomic E-state index is 0.232. The number of nitrogens with two attached hydrogens (primary N) is 1. The second-order valence-electron chi connectivity index (χ2n) is 5.92. The highest BCUT2D eigenvalue weighted by molar-refractivity contribution is 5.98. The van der Waals surface area contributed by atoms with Crippen molar-refractivity contribution in [2.24, 2.45) is 10.7 Å². The standard InChI is InChI=1S/C18H21N3/c1-13-9-10-15(11-14(13)2)18(3)12-20-17(19)21(18)16-7-5-4-6-8-16/h4-11H,12H2,1-3H3,(H2,19,20). The van der Waals surface area contributed by atoms with Gasteiger partial charge in [-0.25, -0.2) is 0 Å². The molecule has 0 saturated heterocycles. The van der Waals surface area contributed by atoms with Crippen LogP contribution in [0.4, 0.5) is 5.69 Å². The van der Waals surface area contributed by atoms with Crippen LogP contribution in [0.5, 0.6) is 0 Å². The fourth-order valence-corrected chi connectivity index (χ4v) is 2.92. The summed E-state index contributed by atoms with van der Waals surface area (Å²) in [4.78, 5) is 6.63. The Morgan fingerprint density at radius 1 is 1.05 bits per heavy atom. The van der Waals surface area contributed by atoms with Crippen molar-refractivity contribution >= 4 is 11.6 Å². The smallest absolute Gasteiger partial charge is 0.196 e. The number of aryl methyl sites for hydroxylation is 2. The van der Waals surface area contributed by atoms with E-state index in [4.69, 9.17) is 5.73 Å². The maximum atomic E-state index is 6.17. The van der Waals surface area contributed by atoms with Crippen molar-refractivity contribution in [1.82, 2.24) is 0 Å². The maximum Gasteiger partial charge on any atom is 0.196 e. The van der Waals surface area contributed by atoms with Crippen molar-refractivity contribution < 1.29 is 0 Å². The molecular weight excluding hydrogens is 258 g/mol. The predicted octanol–water partition coefficient (Wildman–Crippen LogP) is 3.35. The van der Waals surface area contributed by atoms with Gasteiger partial charge in [0.2, 0.25) is 0 Å². The topological polar surface area (TPSA) is 41.6 Å². The van der Waals surface area contributed by atoms with Gasteiger partial charge in [-0.1, -0.05) is 36.4 Å². The van der Waals surface area contributed by atoms with Crippen LogP contribution in [0.3, 0.4) is 0 Å². The van der Waals surface area contributed by atoms with E-state index in [1.807, 2.05) is 18.2 Å². The number of hydrogen-bond donors (Lipinski definition) is 1. The lowest BCUT2D eigenvalue weighted by Gasteiger charge is -2.37.